The Kier molecular flexibility index (Phi) is 5.18. The molecule has 1 aromatic carbocycles. The predicted molar refractivity (Wildman–Crippen MR) is 89.3 cm³/mol. The highest BCUT2D eigenvalue weighted by molar-refractivity contribution is 5.91. The number of hydrogen-bond acceptors (Lipinski definition) is 4. The maximum atomic E-state index is 12.3. The van der Waals surface area contributed by atoms with Crippen molar-refractivity contribution in [2.45, 2.75) is 25.8 Å². The van der Waals surface area contributed by atoms with Gasteiger partial charge in [0, 0.05) is 18.8 Å². The third kappa shape index (κ3) is 3.85. The second-order valence-electron chi connectivity index (χ2n) is 5.91. The quantitative estimate of drug-likeness (QED) is 0.927. The number of benzene rings is 1. The van der Waals surface area contributed by atoms with E-state index in [2.05, 4.69) is 22.3 Å². The van der Waals surface area contributed by atoms with E-state index in [1.807, 2.05) is 25.1 Å². The number of carbonyl (C=O) groups excluding carboxylic acids is 1. The minimum absolute atomic E-state index is 0.0760. The van der Waals surface area contributed by atoms with Gasteiger partial charge in [0.2, 0.25) is 0 Å². The molecule has 1 aromatic rings. The molecule has 5 heteroatoms. The second-order valence-corrected chi connectivity index (χ2v) is 5.91. The van der Waals surface area contributed by atoms with Crippen LogP contribution in [0.2, 0.25) is 0 Å². The molecule has 0 bridgehead atoms. The van der Waals surface area contributed by atoms with Crippen LogP contribution in [0.1, 0.15) is 31.4 Å². The minimum atomic E-state index is -0.131. The number of rotatable bonds is 4. The standard InChI is InChI=1S/C18H24N2O3/c1-14(19-18(21)17-8-4-5-11-23-17)15-6-2-3-7-16(15)20-9-12-22-13-10-20/h2-3,6-8,14H,4-5,9-13H2,1H3,(H,19,21)/t14-/m0/s1. The Morgan fingerprint density at radius 1 is 1.22 bits per heavy atom. The molecule has 1 atom stereocenters. The fraction of sp³-hybridized carbons (Fsp3) is 0.500. The molecule has 3 rings (SSSR count). The molecular formula is C18H24N2O3. The molecule has 2 aliphatic heterocycles. The highest BCUT2D eigenvalue weighted by Crippen LogP contribution is 2.27. The predicted octanol–water partition coefficient (Wildman–Crippen LogP) is 2.39. The number of nitrogens with zero attached hydrogens (tertiary/aromatic N) is 1. The lowest BCUT2D eigenvalue weighted by Gasteiger charge is -2.32. The van der Waals surface area contributed by atoms with Crippen LogP contribution in [0, 0.1) is 0 Å². The molecule has 0 saturated carbocycles. The first kappa shape index (κ1) is 15.9. The number of morpholine rings is 1. The van der Waals surface area contributed by atoms with Gasteiger partial charge in [-0.25, -0.2) is 0 Å². The fourth-order valence-electron chi connectivity index (χ4n) is 3.01. The van der Waals surface area contributed by atoms with Gasteiger partial charge in [-0.15, -0.1) is 0 Å². The summed E-state index contributed by atoms with van der Waals surface area (Å²) in [6.07, 6.45) is 3.76. The van der Waals surface area contributed by atoms with Crippen LogP contribution in [-0.4, -0.2) is 38.8 Å². The van der Waals surface area contributed by atoms with Gasteiger partial charge in [-0.1, -0.05) is 18.2 Å². The van der Waals surface area contributed by atoms with Crippen molar-refractivity contribution < 1.29 is 14.3 Å². The van der Waals surface area contributed by atoms with Crippen LogP contribution >= 0.6 is 0 Å². The number of para-hydroxylation sites is 1. The normalized spacial score (nSPS) is 19.5. The SMILES string of the molecule is C[C@H](NC(=O)C1=CCCCO1)c1ccccc1N1CCOCC1. The van der Waals surface area contributed by atoms with Gasteiger partial charge in [-0.2, -0.15) is 0 Å². The first-order valence-electron chi connectivity index (χ1n) is 8.31. The van der Waals surface area contributed by atoms with E-state index in [0.29, 0.717) is 12.4 Å². The number of hydrogen-bond donors (Lipinski definition) is 1. The van der Waals surface area contributed by atoms with E-state index < -0.39 is 0 Å². The smallest absolute Gasteiger partial charge is 0.286 e. The van der Waals surface area contributed by atoms with Crippen LogP contribution in [0.4, 0.5) is 5.69 Å². The van der Waals surface area contributed by atoms with E-state index in [0.717, 1.165) is 44.7 Å². The Bertz CT molecular complexity index is 579. The summed E-state index contributed by atoms with van der Waals surface area (Å²) in [4.78, 5) is 14.6. The Morgan fingerprint density at radius 3 is 2.74 bits per heavy atom. The topological polar surface area (TPSA) is 50.8 Å². The number of amides is 1. The molecular weight excluding hydrogens is 292 g/mol. The summed E-state index contributed by atoms with van der Waals surface area (Å²) in [6.45, 7) is 5.89. The van der Waals surface area contributed by atoms with E-state index in [1.165, 1.54) is 5.69 Å². The Balaban J connectivity index is 1.72. The van der Waals surface area contributed by atoms with Gasteiger partial charge in [0.15, 0.2) is 5.76 Å². The zero-order chi connectivity index (χ0) is 16.1. The van der Waals surface area contributed by atoms with Gasteiger partial charge < -0.3 is 19.7 Å². The molecule has 0 aliphatic carbocycles. The Morgan fingerprint density at radius 2 is 2.00 bits per heavy atom. The van der Waals surface area contributed by atoms with Crippen LogP contribution < -0.4 is 10.2 Å². The maximum absolute atomic E-state index is 12.3. The van der Waals surface area contributed by atoms with E-state index in [9.17, 15) is 4.79 Å². The minimum Gasteiger partial charge on any atom is -0.488 e. The van der Waals surface area contributed by atoms with Crippen LogP contribution in [0.5, 0.6) is 0 Å². The highest BCUT2D eigenvalue weighted by Gasteiger charge is 2.21. The lowest BCUT2D eigenvalue weighted by Crippen LogP contribution is -2.38. The first-order valence-corrected chi connectivity index (χ1v) is 8.31. The summed E-state index contributed by atoms with van der Waals surface area (Å²) in [6, 6.07) is 8.16. The molecule has 1 N–H and O–H groups in total. The van der Waals surface area contributed by atoms with Crippen LogP contribution in [0.3, 0.4) is 0 Å². The third-order valence-corrected chi connectivity index (χ3v) is 4.26. The molecule has 0 unspecified atom stereocenters. The summed E-state index contributed by atoms with van der Waals surface area (Å²) in [5, 5.41) is 3.06. The van der Waals surface area contributed by atoms with Crippen molar-refractivity contribution in [3.63, 3.8) is 0 Å². The van der Waals surface area contributed by atoms with Crippen LogP contribution in [0.15, 0.2) is 36.1 Å². The largest absolute Gasteiger partial charge is 0.488 e. The maximum Gasteiger partial charge on any atom is 0.286 e. The lowest BCUT2D eigenvalue weighted by atomic mass is 10.0. The van der Waals surface area contributed by atoms with Crippen molar-refractivity contribution in [3.05, 3.63) is 41.7 Å². The first-order chi connectivity index (χ1) is 11.3. The van der Waals surface area contributed by atoms with Gasteiger partial charge in [-0.05, 0) is 37.5 Å². The average molecular weight is 316 g/mol. The summed E-state index contributed by atoms with van der Waals surface area (Å²) >= 11 is 0. The van der Waals surface area contributed by atoms with E-state index in [-0.39, 0.29) is 11.9 Å². The summed E-state index contributed by atoms with van der Waals surface area (Å²) in [5.74, 6) is 0.320. The van der Waals surface area contributed by atoms with Crippen molar-refractivity contribution in [2.24, 2.45) is 0 Å². The fourth-order valence-corrected chi connectivity index (χ4v) is 3.01. The zero-order valence-corrected chi connectivity index (χ0v) is 13.6. The van der Waals surface area contributed by atoms with Crippen molar-refractivity contribution in [1.82, 2.24) is 5.32 Å². The summed E-state index contributed by atoms with van der Waals surface area (Å²) in [7, 11) is 0. The lowest BCUT2D eigenvalue weighted by molar-refractivity contribution is -0.121. The van der Waals surface area contributed by atoms with E-state index in [1.54, 1.807) is 0 Å². The average Bonchev–Trinajstić information content (AvgIpc) is 2.63. The molecule has 2 aliphatic rings. The monoisotopic (exact) mass is 316 g/mol. The van der Waals surface area contributed by atoms with Gasteiger partial charge in [0.05, 0.1) is 25.9 Å². The van der Waals surface area contributed by atoms with Crippen molar-refractivity contribution in [1.29, 1.82) is 0 Å². The number of nitrogens with one attached hydrogen (secondary N) is 1. The summed E-state index contributed by atoms with van der Waals surface area (Å²) < 4.78 is 10.9. The zero-order valence-electron chi connectivity index (χ0n) is 13.6. The molecule has 0 aromatic heterocycles. The number of anilines is 1. The molecule has 5 nitrogen and oxygen atoms in total. The Labute approximate surface area is 137 Å². The van der Waals surface area contributed by atoms with Crippen LogP contribution in [-0.2, 0) is 14.3 Å². The number of ether oxygens (including phenoxy) is 2. The van der Waals surface area contributed by atoms with E-state index >= 15 is 0 Å². The van der Waals surface area contributed by atoms with Gasteiger partial charge in [0.1, 0.15) is 0 Å². The molecule has 1 amide bonds. The number of allylic oxidation sites excluding steroid dienone is 1. The van der Waals surface area contributed by atoms with E-state index in [4.69, 9.17) is 9.47 Å². The molecule has 0 radical (unpaired) electrons. The van der Waals surface area contributed by atoms with Crippen LogP contribution in [0.25, 0.3) is 0 Å². The molecule has 0 spiro atoms. The van der Waals surface area contributed by atoms with Crippen molar-refractivity contribution >= 4 is 11.6 Å². The van der Waals surface area contributed by atoms with Gasteiger partial charge in [-0.3, -0.25) is 4.79 Å². The van der Waals surface area contributed by atoms with Gasteiger partial charge in [0.25, 0.3) is 5.91 Å². The molecule has 23 heavy (non-hydrogen) atoms. The van der Waals surface area contributed by atoms with Crippen molar-refractivity contribution in [3.8, 4) is 0 Å². The highest BCUT2D eigenvalue weighted by atomic mass is 16.5. The molecule has 124 valence electrons. The Hall–Kier alpha value is -2.01. The molecule has 1 saturated heterocycles. The van der Waals surface area contributed by atoms with Gasteiger partial charge >= 0.3 is 0 Å². The number of carbonyl (C=O) groups is 1. The molecule has 2 heterocycles. The molecule has 1 fully saturated rings. The third-order valence-electron chi connectivity index (χ3n) is 4.26. The summed E-state index contributed by atoms with van der Waals surface area (Å²) in [5.41, 5.74) is 2.29. The second kappa shape index (κ2) is 7.51. The van der Waals surface area contributed by atoms with Crippen molar-refractivity contribution in [2.75, 3.05) is 37.8 Å².